The number of nitrogens with one attached hydrogen (secondary N) is 1. The van der Waals surface area contributed by atoms with Crippen molar-refractivity contribution in [3.63, 3.8) is 0 Å². The van der Waals surface area contributed by atoms with Crippen LogP contribution in [0.15, 0.2) is 59.3 Å². The van der Waals surface area contributed by atoms with Crippen molar-refractivity contribution >= 4 is 5.91 Å². The Balaban J connectivity index is 1.76. The SMILES string of the molecule is C[C@@H](NC(=O)c1ccccc1)c1cc(-c2ccnc(C(F)(F)F)c2)no1. The third kappa shape index (κ3) is 3.90. The molecule has 26 heavy (non-hydrogen) atoms. The molecule has 3 aromatic rings. The zero-order valence-corrected chi connectivity index (χ0v) is 13.6. The van der Waals surface area contributed by atoms with Gasteiger partial charge in [-0.2, -0.15) is 13.2 Å². The van der Waals surface area contributed by atoms with Gasteiger partial charge in [0.15, 0.2) is 5.76 Å². The number of rotatable bonds is 4. The molecule has 0 radical (unpaired) electrons. The van der Waals surface area contributed by atoms with Crippen molar-refractivity contribution in [3.8, 4) is 11.3 Å². The molecule has 0 spiro atoms. The van der Waals surface area contributed by atoms with Crippen LogP contribution in [0.25, 0.3) is 11.3 Å². The van der Waals surface area contributed by atoms with Crippen molar-refractivity contribution in [3.05, 3.63) is 71.7 Å². The molecular weight excluding hydrogens is 347 g/mol. The molecule has 0 aliphatic rings. The second-order valence-electron chi connectivity index (χ2n) is 5.60. The maximum Gasteiger partial charge on any atom is 0.433 e. The second-order valence-corrected chi connectivity index (χ2v) is 5.60. The summed E-state index contributed by atoms with van der Waals surface area (Å²) in [4.78, 5) is 15.5. The number of carbonyl (C=O) groups is 1. The fourth-order valence-electron chi connectivity index (χ4n) is 2.31. The van der Waals surface area contributed by atoms with Gasteiger partial charge in [0, 0.05) is 23.4 Å². The highest BCUT2D eigenvalue weighted by Gasteiger charge is 2.32. The molecule has 0 aliphatic heterocycles. The molecule has 3 rings (SSSR count). The number of pyridine rings is 1. The number of hydrogen-bond donors (Lipinski definition) is 1. The maximum absolute atomic E-state index is 12.8. The number of hydrogen-bond acceptors (Lipinski definition) is 4. The van der Waals surface area contributed by atoms with E-state index in [0.29, 0.717) is 11.3 Å². The van der Waals surface area contributed by atoms with Crippen molar-refractivity contribution in [2.45, 2.75) is 19.1 Å². The van der Waals surface area contributed by atoms with Crippen LogP contribution in [-0.4, -0.2) is 16.0 Å². The topological polar surface area (TPSA) is 68.0 Å². The molecule has 2 aromatic heterocycles. The number of benzene rings is 1. The number of nitrogens with zero attached hydrogens (tertiary/aromatic N) is 2. The Kier molecular flexibility index (Phi) is 4.75. The Bertz CT molecular complexity index is 907. The second kappa shape index (κ2) is 6.99. The largest absolute Gasteiger partial charge is 0.433 e. The van der Waals surface area contributed by atoms with E-state index >= 15 is 0 Å². The first-order valence-corrected chi connectivity index (χ1v) is 7.71. The van der Waals surface area contributed by atoms with Crippen molar-refractivity contribution < 1.29 is 22.5 Å². The summed E-state index contributed by atoms with van der Waals surface area (Å²) >= 11 is 0. The highest BCUT2D eigenvalue weighted by molar-refractivity contribution is 5.94. The maximum atomic E-state index is 12.8. The molecule has 0 unspecified atom stereocenters. The minimum Gasteiger partial charge on any atom is -0.359 e. The number of aromatic nitrogens is 2. The molecule has 0 aliphatic carbocycles. The fourth-order valence-corrected chi connectivity index (χ4v) is 2.31. The van der Waals surface area contributed by atoms with Crippen LogP contribution in [0.2, 0.25) is 0 Å². The number of alkyl halides is 3. The van der Waals surface area contributed by atoms with Gasteiger partial charge in [-0.1, -0.05) is 23.4 Å². The van der Waals surface area contributed by atoms with E-state index in [-0.39, 0.29) is 17.2 Å². The molecule has 8 heteroatoms. The van der Waals surface area contributed by atoms with Gasteiger partial charge in [0.25, 0.3) is 5.91 Å². The summed E-state index contributed by atoms with van der Waals surface area (Å²) in [5.74, 6) is 0.0361. The van der Waals surface area contributed by atoms with Gasteiger partial charge in [0.1, 0.15) is 11.4 Å². The van der Waals surface area contributed by atoms with E-state index in [1.165, 1.54) is 12.1 Å². The third-order valence-corrected chi connectivity index (χ3v) is 3.68. The van der Waals surface area contributed by atoms with Crippen LogP contribution in [0.4, 0.5) is 13.2 Å². The van der Waals surface area contributed by atoms with Gasteiger partial charge >= 0.3 is 6.18 Å². The van der Waals surface area contributed by atoms with Crippen LogP contribution in [0.1, 0.15) is 34.8 Å². The van der Waals surface area contributed by atoms with Gasteiger partial charge in [-0.3, -0.25) is 9.78 Å². The molecule has 134 valence electrons. The monoisotopic (exact) mass is 361 g/mol. The molecule has 1 atom stereocenters. The van der Waals surface area contributed by atoms with Gasteiger partial charge in [0.05, 0.1) is 6.04 Å². The fraction of sp³-hybridized carbons (Fsp3) is 0.167. The Morgan fingerprint density at radius 1 is 1.15 bits per heavy atom. The number of halogens is 3. The Morgan fingerprint density at radius 3 is 2.58 bits per heavy atom. The Hall–Kier alpha value is -3.16. The van der Waals surface area contributed by atoms with E-state index in [1.54, 1.807) is 37.3 Å². The molecule has 0 saturated carbocycles. The minimum absolute atomic E-state index is 0.226. The lowest BCUT2D eigenvalue weighted by Crippen LogP contribution is -2.26. The molecule has 0 saturated heterocycles. The van der Waals surface area contributed by atoms with Crippen LogP contribution < -0.4 is 5.32 Å². The summed E-state index contributed by atoms with van der Waals surface area (Å²) < 4.78 is 43.5. The summed E-state index contributed by atoms with van der Waals surface area (Å²) in [6.45, 7) is 1.69. The van der Waals surface area contributed by atoms with Gasteiger partial charge < -0.3 is 9.84 Å². The average molecular weight is 361 g/mol. The zero-order valence-electron chi connectivity index (χ0n) is 13.6. The lowest BCUT2D eigenvalue weighted by atomic mass is 10.1. The minimum atomic E-state index is -4.54. The molecule has 1 aromatic carbocycles. The lowest BCUT2D eigenvalue weighted by molar-refractivity contribution is -0.141. The quantitative estimate of drug-likeness (QED) is 0.754. The Labute approximate surface area is 146 Å². The highest BCUT2D eigenvalue weighted by atomic mass is 19.4. The predicted molar refractivity (Wildman–Crippen MR) is 87.1 cm³/mol. The van der Waals surface area contributed by atoms with Gasteiger partial charge in [-0.25, -0.2) is 0 Å². The molecular formula is C18H14F3N3O2. The summed E-state index contributed by atoms with van der Waals surface area (Å²) in [7, 11) is 0. The van der Waals surface area contributed by atoms with Crippen LogP contribution in [0, 0.1) is 0 Å². The molecule has 0 bridgehead atoms. The lowest BCUT2D eigenvalue weighted by Gasteiger charge is -2.10. The van der Waals surface area contributed by atoms with Gasteiger partial charge in [-0.05, 0) is 31.2 Å². The molecule has 1 N–H and O–H groups in total. The normalized spacial score (nSPS) is 12.6. The van der Waals surface area contributed by atoms with Crippen molar-refractivity contribution in [2.75, 3.05) is 0 Å². The first-order valence-electron chi connectivity index (χ1n) is 7.71. The van der Waals surface area contributed by atoms with Gasteiger partial charge in [0.2, 0.25) is 0 Å². The molecule has 1 amide bonds. The van der Waals surface area contributed by atoms with Crippen molar-refractivity contribution in [1.82, 2.24) is 15.5 Å². The zero-order chi connectivity index (χ0) is 18.7. The van der Waals surface area contributed by atoms with Crippen LogP contribution in [0.5, 0.6) is 0 Å². The average Bonchev–Trinajstić information content (AvgIpc) is 3.12. The smallest absolute Gasteiger partial charge is 0.359 e. The predicted octanol–water partition coefficient (Wildman–Crippen LogP) is 4.25. The molecule has 0 fully saturated rings. The Morgan fingerprint density at radius 2 is 1.88 bits per heavy atom. The van der Waals surface area contributed by atoms with Gasteiger partial charge in [-0.15, -0.1) is 0 Å². The molecule has 2 heterocycles. The number of amides is 1. The van der Waals surface area contributed by atoms with Crippen molar-refractivity contribution in [1.29, 1.82) is 0 Å². The summed E-state index contributed by atoms with van der Waals surface area (Å²) in [6.07, 6.45) is -3.48. The van der Waals surface area contributed by atoms with Crippen molar-refractivity contribution in [2.24, 2.45) is 0 Å². The standard InChI is InChI=1S/C18H14F3N3O2/c1-11(23-17(25)12-5-3-2-4-6-12)15-10-14(24-26-15)13-7-8-22-16(9-13)18(19,20)21/h2-11H,1H3,(H,23,25)/t11-/m1/s1. The highest BCUT2D eigenvalue weighted by Crippen LogP contribution is 2.30. The third-order valence-electron chi connectivity index (χ3n) is 3.68. The summed E-state index contributed by atoms with van der Waals surface area (Å²) in [5.41, 5.74) is -0.0642. The van der Waals surface area contributed by atoms with E-state index in [4.69, 9.17) is 4.52 Å². The van der Waals surface area contributed by atoms with Crippen LogP contribution in [0.3, 0.4) is 0 Å². The first kappa shape index (κ1) is 17.7. The molecule has 5 nitrogen and oxygen atoms in total. The van der Waals surface area contributed by atoms with Crippen LogP contribution in [-0.2, 0) is 6.18 Å². The van der Waals surface area contributed by atoms with Crippen LogP contribution >= 0.6 is 0 Å². The van der Waals surface area contributed by atoms with E-state index in [1.807, 2.05) is 0 Å². The van der Waals surface area contributed by atoms with E-state index < -0.39 is 17.9 Å². The summed E-state index contributed by atoms with van der Waals surface area (Å²) in [6, 6.07) is 11.9. The number of carbonyl (C=O) groups excluding carboxylic acids is 1. The van der Waals surface area contributed by atoms with E-state index in [2.05, 4.69) is 15.5 Å². The van der Waals surface area contributed by atoms with E-state index in [0.717, 1.165) is 12.3 Å². The first-order chi connectivity index (χ1) is 12.3. The van der Waals surface area contributed by atoms with E-state index in [9.17, 15) is 18.0 Å². The summed E-state index contributed by atoms with van der Waals surface area (Å²) in [5, 5.41) is 6.54.